The minimum absolute atomic E-state index is 0.0127. The zero-order valence-electron chi connectivity index (χ0n) is 15.6. The Morgan fingerprint density at radius 1 is 1.27 bits per heavy atom. The number of benzene rings is 2. The van der Waals surface area contributed by atoms with Gasteiger partial charge in [0.1, 0.15) is 11.9 Å². The lowest BCUT2D eigenvalue weighted by molar-refractivity contribution is -0.274. The highest BCUT2D eigenvalue weighted by Crippen LogP contribution is 2.30. The summed E-state index contributed by atoms with van der Waals surface area (Å²) in [4.78, 5) is 11.6. The molecule has 0 saturated heterocycles. The molecule has 0 aliphatic carbocycles. The Hall–Kier alpha value is -3.37. The molecule has 0 spiro atoms. The highest BCUT2D eigenvalue weighted by atomic mass is 19.4. The van der Waals surface area contributed by atoms with Gasteiger partial charge in [0.05, 0.1) is 30.0 Å². The van der Waals surface area contributed by atoms with E-state index in [0.29, 0.717) is 27.8 Å². The van der Waals surface area contributed by atoms with E-state index in [-0.39, 0.29) is 12.3 Å². The molecule has 0 fully saturated rings. The van der Waals surface area contributed by atoms with Gasteiger partial charge in [0.25, 0.3) is 0 Å². The highest BCUT2D eigenvalue weighted by molar-refractivity contribution is 5.89. The normalized spacial score (nSPS) is 12.6. The average Bonchev–Trinajstić information content (AvgIpc) is 3.09. The standard InChI is InChI=1S/C20H18F3N3O4/c1-2-18(29)24-10-15-19-14(17(28)11-27)4-3-5-16(19)26(25-15)12-6-8-13(9-7-12)30-20(21,22)23/h2-9,17,27-28H,1,10-11H2,(H,24,29)/t17-/m1/s1. The zero-order chi connectivity index (χ0) is 21.9. The first-order valence-electron chi connectivity index (χ1n) is 8.79. The number of hydrogen-bond donors (Lipinski definition) is 3. The summed E-state index contributed by atoms with van der Waals surface area (Å²) >= 11 is 0. The van der Waals surface area contributed by atoms with Crippen molar-refractivity contribution in [3.8, 4) is 11.4 Å². The van der Waals surface area contributed by atoms with Crippen molar-refractivity contribution in [2.45, 2.75) is 19.0 Å². The molecule has 30 heavy (non-hydrogen) atoms. The van der Waals surface area contributed by atoms with Crippen LogP contribution < -0.4 is 10.1 Å². The van der Waals surface area contributed by atoms with Crippen molar-refractivity contribution in [1.82, 2.24) is 15.1 Å². The van der Waals surface area contributed by atoms with Gasteiger partial charge in [-0.15, -0.1) is 13.2 Å². The molecule has 0 aliphatic heterocycles. The van der Waals surface area contributed by atoms with Crippen molar-refractivity contribution >= 4 is 16.8 Å². The van der Waals surface area contributed by atoms with Gasteiger partial charge in [-0.3, -0.25) is 4.79 Å². The van der Waals surface area contributed by atoms with Crippen LogP contribution in [0.2, 0.25) is 0 Å². The Kier molecular flexibility index (Phi) is 6.09. The maximum atomic E-state index is 12.4. The first-order valence-corrected chi connectivity index (χ1v) is 8.79. The summed E-state index contributed by atoms with van der Waals surface area (Å²) in [7, 11) is 0. The van der Waals surface area contributed by atoms with Gasteiger partial charge < -0.3 is 20.3 Å². The molecule has 3 rings (SSSR count). The van der Waals surface area contributed by atoms with E-state index in [1.165, 1.54) is 16.8 Å². The van der Waals surface area contributed by atoms with E-state index in [9.17, 15) is 28.2 Å². The van der Waals surface area contributed by atoms with Crippen LogP contribution in [0.3, 0.4) is 0 Å². The molecular weight excluding hydrogens is 403 g/mol. The number of hydrogen-bond acceptors (Lipinski definition) is 5. The van der Waals surface area contributed by atoms with Crippen molar-refractivity contribution < 1.29 is 32.9 Å². The third-order valence-electron chi connectivity index (χ3n) is 4.27. The monoisotopic (exact) mass is 421 g/mol. The van der Waals surface area contributed by atoms with E-state index in [1.807, 2.05) is 0 Å². The Morgan fingerprint density at radius 3 is 2.57 bits per heavy atom. The first kappa shape index (κ1) is 21.3. The van der Waals surface area contributed by atoms with Crippen molar-refractivity contribution in [3.63, 3.8) is 0 Å². The number of aliphatic hydroxyl groups is 2. The molecule has 1 aromatic heterocycles. The number of rotatable bonds is 7. The number of carbonyl (C=O) groups is 1. The van der Waals surface area contributed by atoms with Gasteiger partial charge in [-0.25, -0.2) is 4.68 Å². The van der Waals surface area contributed by atoms with Crippen LogP contribution in [0.5, 0.6) is 5.75 Å². The predicted molar refractivity (Wildman–Crippen MR) is 102 cm³/mol. The zero-order valence-corrected chi connectivity index (χ0v) is 15.6. The summed E-state index contributed by atoms with van der Waals surface area (Å²) in [5.74, 6) is -0.802. The fourth-order valence-corrected chi connectivity index (χ4v) is 3.00. The fraction of sp³-hybridized carbons (Fsp3) is 0.200. The van der Waals surface area contributed by atoms with Crippen molar-refractivity contribution in [3.05, 3.63) is 66.4 Å². The van der Waals surface area contributed by atoms with Crippen molar-refractivity contribution in [2.24, 2.45) is 0 Å². The van der Waals surface area contributed by atoms with Crippen molar-refractivity contribution in [1.29, 1.82) is 0 Å². The smallest absolute Gasteiger partial charge is 0.406 e. The molecule has 3 aromatic rings. The summed E-state index contributed by atoms with van der Waals surface area (Å²) in [6.07, 6.45) is -4.88. The number of amides is 1. The minimum Gasteiger partial charge on any atom is -0.406 e. The highest BCUT2D eigenvalue weighted by Gasteiger charge is 2.31. The van der Waals surface area contributed by atoms with Crippen LogP contribution in [-0.2, 0) is 11.3 Å². The summed E-state index contributed by atoms with van der Waals surface area (Å²) < 4.78 is 42.5. The molecule has 1 atom stereocenters. The lowest BCUT2D eigenvalue weighted by Crippen LogP contribution is -2.20. The lowest BCUT2D eigenvalue weighted by atomic mass is 10.0. The minimum atomic E-state index is -4.80. The fourth-order valence-electron chi connectivity index (χ4n) is 3.00. The van der Waals surface area contributed by atoms with Crippen LogP contribution in [-0.4, -0.2) is 38.9 Å². The Bertz CT molecular complexity index is 1060. The van der Waals surface area contributed by atoms with Crippen LogP contribution in [0.15, 0.2) is 55.1 Å². The van der Waals surface area contributed by atoms with E-state index in [0.717, 1.165) is 18.2 Å². The number of fused-ring (bicyclic) bond motifs is 1. The van der Waals surface area contributed by atoms with E-state index in [4.69, 9.17) is 0 Å². The third-order valence-corrected chi connectivity index (χ3v) is 4.27. The van der Waals surface area contributed by atoms with Gasteiger partial charge in [0.15, 0.2) is 0 Å². The van der Waals surface area contributed by atoms with Gasteiger partial charge in [-0.05, 0) is 42.0 Å². The number of nitrogens with zero attached hydrogens (tertiary/aromatic N) is 2. The van der Waals surface area contributed by atoms with Gasteiger partial charge in [0.2, 0.25) is 5.91 Å². The molecule has 0 unspecified atom stereocenters. The number of carbonyl (C=O) groups excluding carboxylic acids is 1. The molecule has 3 N–H and O–H groups in total. The maximum Gasteiger partial charge on any atom is 0.573 e. The largest absolute Gasteiger partial charge is 0.573 e. The van der Waals surface area contributed by atoms with Crippen molar-refractivity contribution in [2.75, 3.05) is 6.61 Å². The van der Waals surface area contributed by atoms with Gasteiger partial charge >= 0.3 is 6.36 Å². The second kappa shape index (κ2) is 8.56. The van der Waals surface area contributed by atoms with E-state index in [1.54, 1.807) is 18.2 Å². The summed E-state index contributed by atoms with van der Waals surface area (Å²) in [5.41, 5.74) is 1.78. The van der Waals surface area contributed by atoms with Crippen LogP contribution in [0.25, 0.3) is 16.6 Å². The Morgan fingerprint density at radius 2 is 1.97 bits per heavy atom. The van der Waals surface area contributed by atoms with E-state index < -0.39 is 25.0 Å². The third kappa shape index (κ3) is 4.61. The molecule has 10 heteroatoms. The van der Waals surface area contributed by atoms with Gasteiger partial charge in [-0.1, -0.05) is 18.7 Å². The van der Waals surface area contributed by atoms with E-state index in [2.05, 4.69) is 21.7 Å². The molecule has 0 radical (unpaired) electrons. The Balaban J connectivity index is 2.08. The molecule has 158 valence electrons. The number of aliphatic hydroxyl groups excluding tert-OH is 2. The molecular formula is C20H18F3N3O4. The molecule has 1 heterocycles. The van der Waals surface area contributed by atoms with Crippen LogP contribution in [0, 0.1) is 0 Å². The molecule has 1 amide bonds. The van der Waals surface area contributed by atoms with Crippen LogP contribution >= 0.6 is 0 Å². The summed E-state index contributed by atoms with van der Waals surface area (Å²) in [6, 6.07) is 10.1. The SMILES string of the molecule is C=CC(=O)NCc1nn(-c2ccc(OC(F)(F)F)cc2)c2cccc([C@H](O)CO)c12. The molecule has 2 aromatic carbocycles. The predicted octanol–water partition coefficient (Wildman–Crippen LogP) is 2.75. The lowest BCUT2D eigenvalue weighted by Gasteiger charge is -2.11. The van der Waals surface area contributed by atoms with E-state index >= 15 is 0 Å². The number of ether oxygens (including phenoxy) is 1. The Labute approximate surface area is 169 Å². The van der Waals surface area contributed by atoms with Gasteiger partial charge in [-0.2, -0.15) is 5.10 Å². The second-order valence-corrected chi connectivity index (χ2v) is 6.26. The average molecular weight is 421 g/mol. The van der Waals surface area contributed by atoms with Crippen LogP contribution in [0.1, 0.15) is 17.4 Å². The molecule has 0 bridgehead atoms. The topological polar surface area (TPSA) is 96.6 Å². The van der Waals surface area contributed by atoms with Gasteiger partial charge in [0, 0.05) is 5.39 Å². The number of aromatic nitrogens is 2. The first-order chi connectivity index (χ1) is 14.2. The molecule has 0 saturated carbocycles. The second-order valence-electron chi connectivity index (χ2n) is 6.26. The number of nitrogens with one attached hydrogen (secondary N) is 1. The summed E-state index contributed by atoms with van der Waals surface area (Å²) in [6.45, 7) is 2.87. The van der Waals surface area contributed by atoms with Crippen LogP contribution in [0.4, 0.5) is 13.2 Å². The summed E-state index contributed by atoms with van der Waals surface area (Å²) in [5, 5.41) is 27.1. The maximum absolute atomic E-state index is 12.4. The number of halogens is 3. The number of alkyl halides is 3. The molecule has 7 nitrogen and oxygen atoms in total. The quantitative estimate of drug-likeness (QED) is 0.510. The molecule has 0 aliphatic rings.